The monoisotopic (exact) mass is 108 g/mol. The van der Waals surface area contributed by atoms with Gasteiger partial charge >= 0.3 is 6.16 Å². The molecule has 0 radical (unpaired) electrons. The lowest BCUT2D eigenvalue weighted by Gasteiger charge is -1.88. The largest absolute Gasteiger partial charge is 0.525 e. The maximum Gasteiger partial charge on any atom is 0.525 e. The fourth-order valence-electron chi connectivity index (χ4n) is 0.0873. The van der Waals surface area contributed by atoms with Gasteiger partial charge in [0.1, 0.15) is 0 Å². The number of hydrogen-bond acceptors (Lipinski definition) is 4. The zero-order valence-electron chi connectivity index (χ0n) is 3.97. The smallest absolute Gasteiger partial charge is 0.448 e. The summed E-state index contributed by atoms with van der Waals surface area (Å²) >= 11 is 0. The van der Waals surface area contributed by atoms with Gasteiger partial charge in [-0.1, -0.05) is 0 Å². The van der Waals surface area contributed by atoms with Gasteiger partial charge in [0, 0.05) is 7.05 Å². The van der Waals surface area contributed by atoms with E-state index in [0.717, 1.165) is 0 Å². The second kappa shape index (κ2) is 5.19. The molecule has 0 bridgehead atoms. The van der Waals surface area contributed by atoms with Crippen molar-refractivity contribution in [2.45, 2.75) is 0 Å². The van der Waals surface area contributed by atoms with E-state index in [-0.39, 0.29) is 6.15 Å². The van der Waals surface area contributed by atoms with Crippen LogP contribution in [0.15, 0.2) is 0 Å². The van der Waals surface area contributed by atoms with E-state index in [9.17, 15) is 4.79 Å². The summed E-state index contributed by atoms with van der Waals surface area (Å²) in [6.07, 6.45) is -1.32. The van der Waals surface area contributed by atoms with Crippen LogP contribution in [0.3, 0.4) is 0 Å². The maximum absolute atomic E-state index is 9.31. The molecule has 0 aliphatic carbocycles. The molecule has 0 saturated heterocycles. The molecule has 0 fully saturated rings. The number of carbonyl (C=O) groups is 1. The minimum atomic E-state index is -1.32. The highest BCUT2D eigenvalue weighted by Crippen LogP contribution is 1.61. The zero-order valence-corrected chi connectivity index (χ0v) is 3.97. The highest BCUT2D eigenvalue weighted by Gasteiger charge is 1.86. The Hall–Kier alpha value is -0.810. The van der Waals surface area contributed by atoms with Crippen LogP contribution in [0.1, 0.15) is 0 Å². The number of hydrogen-bond donors (Lipinski definition) is 3. The Balaban J connectivity index is 0. The molecule has 7 heavy (non-hydrogen) atoms. The predicted molar refractivity (Wildman–Crippen MR) is 23.2 cm³/mol. The molecular formula is C2H8N2O3. The van der Waals surface area contributed by atoms with Crippen molar-refractivity contribution in [3.8, 4) is 0 Å². The lowest BCUT2D eigenvalue weighted by Crippen LogP contribution is -2.11. The van der Waals surface area contributed by atoms with Gasteiger partial charge in [-0.3, -0.25) is 0 Å². The van der Waals surface area contributed by atoms with Gasteiger partial charge in [0.2, 0.25) is 0 Å². The molecular weight excluding hydrogens is 100 g/mol. The molecule has 5 nitrogen and oxygen atoms in total. The van der Waals surface area contributed by atoms with E-state index in [1.165, 1.54) is 7.05 Å². The molecule has 5 heteroatoms. The second-order valence-electron chi connectivity index (χ2n) is 0.572. The lowest BCUT2D eigenvalue weighted by molar-refractivity contribution is 0.0541. The van der Waals surface area contributed by atoms with E-state index in [2.05, 4.69) is 4.84 Å². The predicted octanol–water partition coefficient (Wildman–Crippen LogP) is -0.0226. The van der Waals surface area contributed by atoms with Crippen molar-refractivity contribution < 1.29 is 14.7 Å². The van der Waals surface area contributed by atoms with E-state index in [1.54, 1.807) is 0 Å². The first-order chi connectivity index (χ1) is 2.77. The van der Waals surface area contributed by atoms with Crippen molar-refractivity contribution in [1.29, 1.82) is 0 Å². The minimum Gasteiger partial charge on any atom is -0.448 e. The second-order valence-corrected chi connectivity index (χ2v) is 0.572. The number of nitrogens with one attached hydrogen (secondary N) is 1. The van der Waals surface area contributed by atoms with Crippen LogP contribution in [0.2, 0.25) is 0 Å². The van der Waals surface area contributed by atoms with Crippen LogP contribution >= 0.6 is 0 Å². The van der Waals surface area contributed by atoms with Crippen molar-refractivity contribution in [1.82, 2.24) is 11.6 Å². The van der Waals surface area contributed by atoms with E-state index >= 15 is 0 Å². The summed E-state index contributed by atoms with van der Waals surface area (Å²) in [4.78, 5) is 13.0. The van der Waals surface area contributed by atoms with Gasteiger partial charge in [0.25, 0.3) is 0 Å². The van der Waals surface area contributed by atoms with Crippen molar-refractivity contribution >= 4 is 6.16 Å². The number of hydroxylamine groups is 1. The highest BCUT2D eigenvalue weighted by atomic mass is 16.8. The third-order valence-corrected chi connectivity index (χ3v) is 0.189. The fraction of sp³-hybridized carbons (Fsp3) is 0.500. The first-order valence-electron chi connectivity index (χ1n) is 1.34. The van der Waals surface area contributed by atoms with Crippen LogP contribution in [0.5, 0.6) is 0 Å². The molecule has 44 valence electrons. The van der Waals surface area contributed by atoms with Crippen LogP contribution in [0.4, 0.5) is 4.79 Å². The van der Waals surface area contributed by atoms with E-state index in [0.29, 0.717) is 0 Å². The molecule has 0 aliphatic heterocycles. The van der Waals surface area contributed by atoms with Gasteiger partial charge in [-0.05, 0) is 0 Å². The quantitative estimate of drug-likeness (QED) is 0.410. The topological polar surface area (TPSA) is 93.6 Å². The molecule has 0 rings (SSSR count). The molecule has 5 N–H and O–H groups in total. The van der Waals surface area contributed by atoms with E-state index in [1.807, 2.05) is 5.48 Å². The Morgan fingerprint density at radius 1 is 1.86 bits per heavy atom. The Kier molecular flexibility index (Phi) is 7.04. The molecule has 0 aromatic rings. The van der Waals surface area contributed by atoms with Crippen molar-refractivity contribution in [2.75, 3.05) is 7.05 Å². The average molecular weight is 108 g/mol. The molecule has 0 unspecified atom stereocenters. The van der Waals surface area contributed by atoms with Crippen LogP contribution in [-0.2, 0) is 4.84 Å². The summed E-state index contributed by atoms with van der Waals surface area (Å²) in [6.45, 7) is 0. The lowest BCUT2D eigenvalue weighted by atomic mass is 11.4. The van der Waals surface area contributed by atoms with E-state index in [4.69, 9.17) is 5.11 Å². The minimum absolute atomic E-state index is 0. The van der Waals surface area contributed by atoms with Crippen LogP contribution in [0, 0.1) is 0 Å². The van der Waals surface area contributed by atoms with Gasteiger partial charge < -0.3 is 16.1 Å². The van der Waals surface area contributed by atoms with Crippen molar-refractivity contribution in [2.24, 2.45) is 0 Å². The molecule has 0 aromatic carbocycles. The molecule has 0 aliphatic rings. The summed E-state index contributed by atoms with van der Waals surface area (Å²) in [7, 11) is 1.37. The fourth-order valence-corrected chi connectivity index (χ4v) is 0.0873. The number of carboxylic acid groups (broad SMARTS) is 1. The molecule has 0 saturated carbocycles. The third-order valence-electron chi connectivity index (χ3n) is 0.189. The number of rotatable bonds is 1. The van der Waals surface area contributed by atoms with Gasteiger partial charge in [-0.2, -0.15) is 5.48 Å². The summed E-state index contributed by atoms with van der Waals surface area (Å²) in [6, 6.07) is 0. The molecule has 0 heterocycles. The average Bonchev–Trinajstić information content (AvgIpc) is 1.35. The van der Waals surface area contributed by atoms with Crippen LogP contribution in [0.25, 0.3) is 0 Å². The first kappa shape index (κ1) is 9.50. The standard InChI is InChI=1S/C2H5NO3.H3N/c1-3-6-2(4)5;/h3H,1H3,(H,4,5);1H3. The Morgan fingerprint density at radius 2 is 2.29 bits per heavy atom. The highest BCUT2D eigenvalue weighted by molar-refractivity contribution is 5.56. The van der Waals surface area contributed by atoms with Crippen molar-refractivity contribution in [3.05, 3.63) is 0 Å². The first-order valence-corrected chi connectivity index (χ1v) is 1.34. The summed E-state index contributed by atoms with van der Waals surface area (Å²) in [5.74, 6) is 0. The summed E-state index contributed by atoms with van der Waals surface area (Å²) < 4.78 is 0. The molecule has 0 aromatic heterocycles. The van der Waals surface area contributed by atoms with Gasteiger partial charge in [0.05, 0.1) is 0 Å². The van der Waals surface area contributed by atoms with Crippen LogP contribution < -0.4 is 11.6 Å². The van der Waals surface area contributed by atoms with Gasteiger partial charge in [-0.25, -0.2) is 4.79 Å². The SMILES string of the molecule is CNOC(=O)O.N. The van der Waals surface area contributed by atoms with Gasteiger partial charge in [0.15, 0.2) is 0 Å². The normalized spacial score (nSPS) is 6.43. The zero-order chi connectivity index (χ0) is 4.99. The van der Waals surface area contributed by atoms with Crippen molar-refractivity contribution in [3.63, 3.8) is 0 Å². The van der Waals surface area contributed by atoms with Crippen LogP contribution in [-0.4, -0.2) is 18.3 Å². The van der Waals surface area contributed by atoms with E-state index < -0.39 is 6.16 Å². The van der Waals surface area contributed by atoms with Gasteiger partial charge in [-0.15, -0.1) is 0 Å². The maximum atomic E-state index is 9.31. The molecule has 0 atom stereocenters. The molecule has 0 amide bonds. The Labute approximate surface area is 40.8 Å². The third kappa shape index (κ3) is 11.0. The summed E-state index contributed by atoms with van der Waals surface area (Å²) in [5, 5.41) is 7.63. The Bertz CT molecular complexity index is 54.9. The Morgan fingerprint density at radius 3 is 2.29 bits per heavy atom. The summed E-state index contributed by atoms with van der Waals surface area (Å²) in [5.41, 5.74) is 1.97. The molecule has 0 spiro atoms.